The molecule has 0 bridgehead atoms. The second-order valence-electron chi connectivity index (χ2n) is 5.90. The Balaban J connectivity index is 2.17. The van der Waals surface area contributed by atoms with Crippen LogP contribution in [0.15, 0.2) is 0 Å². The summed E-state index contributed by atoms with van der Waals surface area (Å²) in [5, 5.41) is 0. The van der Waals surface area contributed by atoms with E-state index < -0.39 is 11.5 Å². The summed E-state index contributed by atoms with van der Waals surface area (Å²) in [7, 11) is 1.76. The first-order chi connectivity index (χ1) is 9.19. The number of hydrogen-bond donors (Lipinski definition) is 1. The molecule has 7 nitrogen and oxygen atoms in total. The molecule has 0 radical (unpaired) electrons. The summed E-state index contributed by atoms with van der Waals surface area (Å²) >= 11 is 0. The molecule has 2 heterocycles. The molecule has 20 heavy (non-hydrogen) atoms. The number of hydrogen-bond acceptors (Lipinski definition) is 4. The molecule has 2 N–H and O–H groups in total. The largest absolute Gasteiger partial charge is 0.444 e. The third-order valence-electron chi connectivity index (χ3n) is 3.13. The van der Waals surface area contributed by atoms with Gasteiger partial charge in [0.25, 0.3) is 5.91 Å². The summed E-state index contributed by atoms with van der Waals surface area (Å²) in [4.78, 5) is 29.1. The van der Waals surface area contributed by atoms with Crippen LogP contribution in [0.2, 0.25) is 0 Å². The highest BCUT2D eigenvalue weighted by atomic mass is 16.6. The molecule has 0 aromatic carbocycles. The van der Waals surface area contributed by atoms with E-state index >= 15 is 0 Å². The normalized spacial score (nSPS) is 14.9. The minimum absolute atomic E-state index is 0.223. The molecule has 1 aliphatic rings. The summed E-state index contributed by atoms with van der Waals surface area (Å²) in [5.74, 6) is -0.341. The number of nitrogens with two attached hydrogens (primary N) is 1. The van der Waals surface area contributed by atoms with Crippen LogP contribution in [0.4, 0.5) is 4.79 Å². The molecule has 110 valence electrons. The zero-order chi connectivity index (χ0) is 15.1. The van der Waals surface area contributed by atoms with E-state index in [4.69, 9.17) is 10.5 Å². The van der Waals surface area contributed by atoms with E-state index in [1.54, 1.807) is 16.5 Å². The number of ether oxygens (including phenoxy) is 1. The summed E-state index contributed by atoms with van der Waals surface area (Å²) in [6.45, 7) is 6.36. The van der Waals surface area contributed by atoms with Crippen molar-refractivity contribution >= 4 is 12.0 Å². The molecular formula is C13H20N4O3. The van der Waals surface area contributed by atoms with Gasteiger partial charge in [-0.3, -0.25) is 4.79 Å². The molecule has 2 amide bonds. The lowest BCUT2D eigenvalue weighted by molar-refractivity contribution is 0.0220. The lowest BCUT2D eigenvalue weighted by Crippen LogP contribution is -2.40. The number of fused-ring (bicyclic) bond motifs is 1. The maximum atomic E-state index is 12.0. The zero-order valence-electron chi connectivity index (χ0n) is 12.3. The minimum atomic E-state index is -0.564. The van der Waals surface area contributed by atoms with Gasteiger partial charge in [0.15, 0.2) is 5.82 Å². The Morgan fingerprint density at radius 1 is 1.35 bits per heavy atom. The molecular weight excluding hydrogens is 260 g/mol. The third-order valence-corrected chi connectivity index (χ3v) is 3.13. The predicted octanol–water partition coefficient (Wildman–Crippen LogP) is 0.812. The van der Waals surface area contributed by atoms with Gasteiger partial charge in [-0.2, -0.15) is 0 Å². The standard InChI is InChI=1S/C13H20N4O3/c1-13(2,3)20-12(19)17-6-5-9-8(7-17)15-11(10(14)18)16(9)4/h5-7H2,1-4H3,(H2,14,18). The van der Waals surface area contributed by atoms with Gasteiger partial charge in [-0.05, 0) is 20.8 Å². The van der Waals surface area contributed by atoms with Crippen LogP contribution >= 0.6 is 0 Å². The van der Waals surface area contributed by atoms with Crippen molar-refractivity contribution in [3.63, 3.8) is 0 Å². The zero-order valence-corrected chi connectivity index (χ0v) is 12.3. The lowest BCUT2D eigenvalue weighted by atomic mass is 10.1. The summed E-state index contributed by atoms with van der Waals surface area (Å²) < 4.78 is 7.04. The van der Waals surface area contributed by atoms with E-state index in [0.29, 0.717) is 25.2 Å². The second kappa shape index (κ2) is 4.81. The molecule has 7 heteroatoms. The molecule has 0 aliphatic carbocycles. The molecule has 0 unspecified atom stereocenters. The fourth-order valence-electron chi connectivity index (χ4n) is 2.23. The van der Waals surface area contributed by atoms with Crippen molar-refractivity contribution in [2.75, 3.05) is 6.54 Å². The number of primary amides is 1. The Hall–Kier alpha value is -2.05. The van der Waals surface area contributed by atoms with Gasteiger partial charge < -0.3 is 19.9 Å². The molecule has 0 saturated heterocycles. The summed E-state index contributed by atoms with van der Waals surface area (Å²) in [6.07, 6.45) is 0.264. The highest BCUT2D eigenvalue weighted by molar-refractivity contribution is 5.89. The predicted molar refractivity (Wildman–Crippen MR) is 72.1 cm³/mol. The number of aromatic nitrogens is 2. The van der Waals surface area contributed by atoms with E-state index in [2.05, 4.69) is 4.98 Å². The Labute approximate surface area is 117 Å². The highest BCUT2D eigenvalue weighted by Crippen LogP contribution is 2.21. The maximum absolute atomic E-state index is 12.0. The number of imidazole rings is 1. The number of nitrogens with zero attached hydrogens (tertiary/aromatic N) is 3. The van der Waals surface area contributed by atoms with Gasteiger partial charge >= 0.3 is 6.09 Å². The average Bonchev–Trinajstić information content (AvgIpc) is 2.64. The van der Waals surface area contributed by atoms with Gasteiger partial charge in [-0.15, -0.1) is 0 Å². The van der Waals surface area contributed by atoms with Crippen LogP contribution in [0.25, 0.3) is 0 Å². The monoisotopic (exact) mass is 280 g/mol. The molecule has 1 aromatic heterocycles. The quantitative estimate of drug-likeness (QED) is 0.824. The minimum Gasteiger partial charge on any atom is -0.444 e. The SMILES string of the molecule is Cn1c(C(N)=O)nc2c1CCN(C(=O)OC(C)(C)C)C2. The fraction of sp³-hybridized carbons (Fsp3) is 0.615. The number of carbonyl (C=O) groups excluding carboxylic acids is 2. The van der Waals surface area contributed by atoms with E-state index in [1.165, 1.54) is 0 Å². The molecule has 0 spiro atoms. The Bertz CT molecular complexity index is 557. The van der Waals surface area contributed by atoms with Crippen molar-refractivity contribution in [3.05, 3.63) is 17.2 Å². The van der Waals surface area contributed by atoms with Crippen LogP contribution in [-0.4, -0.2) is 38.6 Å². The lowest BCUT2D eigenvalue weighted by Gasteiger charge is -2.29. The van der Waals surface area contributed by atoms with E-state index in [1.807, 2.05) is 20.8 Å². The van der Waals surface area contributed by atoms with Crippen LogP contribution < -0.4 is 5.73 Å². The first-order valence-electron chi connectivity index (χ1n) is 6.51. The van der Waals surface area contributed by atoms with Gasteiger partial charge in [-0.25, -0.2) is 9.78 Å². The van der Waals surface area contributed by atoms with Crippen molar-refractivity contribution in [1.29, 1.82) is 0 Å². The molecule has 0 atom stereocenters. The van der Waals surface area contributed by atoms with Crippen molar-refractivity contribution in [2.24, 2.45) is 12.8 Å². The number of rotatable bonds is 1. The summed E-state index contributed by atoms with van der Waals surface area (Å²) in [5.41, 5.74) is 6.40. The van der Waals surface area contributed by atoms with Gasteiger partial charge in [0, 0.05) is 25.7 Å². The Morgan fingerprint density at radius 2 is 2.00 bits per heavy atom. The molecule has 0 saturated carbocycles. The van der Waals surface area contributed by atoms with Gasteiger partial charge in [0.05, 0.1) is 12.2 Å². The van der Waals surface area contributed by atoms with Crippen molar-refractivity contribution in [3.8, 4) is 0 Å². The average molecular weight is 280 g/mol. The van der Waals surface area contributed by atoms with Crippen molar-refractivity contribution < 1.29 is 14.3 Å². The molecule has 1 aliphatic heterocycles. The molecule has 0 fully saturated rings. The molecule has 1 aromatic rings. The number of carbonyl (C=O) groups is 2. The topological polar surface area (TPSA) is 90.5 Å². The molecule has 2 rings (SSSR count). The number of amides is 2. The van der Waals surface area contributed by atoms with Crippen molar-refractivity contribution in [2.45, 2.75) is 39.3 Å². The van der Waals surface area contributed by atoms with Crippen LogP contribution in [0.3, 0.4) is 0 Å². The van der Waals surface area contributed by atoms with Gasteiger partial charge in [-0.1, -0.05) is 0 Å². The first-order valence-corrected chi connectivity index (χ1v) is 6.51. The van der Waals surface area contributed by atoms with Gasteiger partial charge in [0.1, 0.15) is 5.60 Å². The Kier molecular flexibility index (Phi) is 3.45. The van der Waals surface area contributed by atoms with Crippen LogP contribution in [0, 0.1) is 0 Å². The smallest absolute Gasteiger partial charge is 0.410 e. The van der Waals surface area contributed by atoms with E-state index in [0.717, 1.165) is 5.69 Å². The summed E-state index contributed by atoms with van der Waals surface area (Å²) in [6, 6.07) is 0. The van der Waals surface area contributed by atoms with E-state index in [-0.39, 0.29) is 11.9 Å². The van der Waals surface area contributed by atoms with E-state index in [9.17, 15) is 9.59 Å². The van der Waals surface area contributed by atoms with Crippen LogP contribution in [0.5, 0.6) is 0 Å². The van der Waals surface area contributed by atoms with Crippen molar-refractivity contribution in [1.82, 2.24) is 14.5 Å². The third kappa shape index (κ3) is 2.76. The van der Waals surface area contributed by atoms with Gasteiger partial charge in [0.2, 0.25) is 0 Å². The maximum Gasteiger partial charge on any atom is 0.410 e. The fourth-order valence-corrected chi connectivity index (χ4v) is 2.23. The van der Waals surface area contributed by atoms with Crippen LogP contribution in [-0.2, 0) is 24.8 Å². The highest BCUT2D eigenvalue weighted by Gasteiger charge is 2.29. The van der Waals surface area contributed by atoms with Crippen LogP contribution in [0.1, 0.15) is 42.8 Å². The Morgan fingerprint density at radius 3 is 2.55 bits per heavy atom. The first kappa shape index (κ1) is 14.4. The second-order valence-corrected chi connectivity index (χ2v) is 5.90.